The number of hydrogen-bond donors (Lipinski definition) is 6. The highest BCUT2D eigenvalue weighted by Crippen LogP contribution is 2.63. The molecule has 0 spiro atoms. The van der Waals surface area contributed by atoms with Gasteiger partial charge in [-0.3, -0.25) is 0 Å². The number of hydrogen-bond acceptors (Lipinski definition) is 9. The van der Waals surface area contributed by atoms with Gasteiger partial charge in [0.15, 0.2) is 23.0 Å². The lowest BCUT2D eigenvalue weighted by molar-refractivity contribution is 0.0715. The molecule has 0 amide bonds. The fourth-order valence-electron chi connectivity index (χ4n) is 6.02. The summed E-state index contributed by atoms with van der Waals surface area (Å²) in [5, 5.41) is 63.2. The molecule has 1 aliphatic rings. The molecule has 0 aliphatic heterocycles. The van der Waals surface area contributed by atoms with E-state index in [0.29, 0.717) is 27.8 Å². The topological polar surface area (TPSA) is 149 Å². The Hall–Kier alpha value is -4.76. The maximum Gasteiger partial charge on any atom is 0.160 e. The molecule has 5 rings (SSSR count). The molecule has 4 aromatic rings. The minimum atomic E-state index is -0.701. The molecule has 6 N–H and O–H groups in total. The second-order valence-corrected chi connectivity index (χ2v) is 9.80. The summed E-state index contributed by atoms with van der Waals surface area (Å²) in [6.45, 7) is 0. The highest BCUT2D eigenvalue weighted by Gasteiger charge is 2.48. The summed E-state index contributed by atoms with van der Waals surface area (Å²) in [6.07, 6.45) is -0.701. The second-order valence-electron chi connectivity index (χ2n) is 9.80. The van der Waals surface area contributed by atoms with Crippen molar-refractivity contribution in [3.05, 3.63) is 94.5 Å². The van der Waals surface area contributed by atoms with Crippen LogP contribution in [0, 0.1) is 0 Å². The van der Waals surface area contributed by atoms with Gasteiger partial charge in [0.05, 0.1) is 20.3 Å². The van der Waals surface area contributed by atoms with E-state index >= 15 is 0 Å². The lowest BCUT2D eigenvalue weighted by atomic mass is 9.74. The van der Waals surface area contributed by atoms with Crippen LogP contribution in [0.15, 0.2) is 66.7 Å². The van der Waals surface area contributed by atoms with E-state index < -0.39 is 23.9 Å². The van der Waals surface area contributed by atoms with Gasteiger partial charge in [0.25, 0.3) is 0 Å². The van der Waals surface area contributed by atoms with Crippen LogP contribution in [0.5, 0.6) is 46.0 Å². The molecule has 0 aromatic heterocycles. The van der Waals surface area contributed by atoms with Crippen molar-refractivity contribution in [3.63, 3.8) is 0 Å². The van der Waals surface area contributed by atoms with Crippen molar-refractivity contribution in [1.29, 1.82) is 0 Å². The number of phenolic OH excluding ortho intramolecular Hbond substituents is 6. The van der Waals surface area contributed by atoms with Crippen LogP contribution >= 0.6 is 0 Å². The quantitative estimate of drug-likeness (QED) is 0.181. The second kappa shape index (κ2) is 10.4. The fourth-order valence-corrected chi connectivity index (χ4v) is 6.02. The Labute approximate surface area is 230 Å². The normalized spacial score (nSPS) is 18.7. The van der Waals surface area contributed by atoms with Gasteiger partial charge in [0, 0.05) is 42.6 Å². The van der Waals surface area contributed by atoms with Crippen molar-refractivity contribution >= 4 is 0 Å². The minimum absolute atomic E-state index is 0.0493. The van der Waals surface area contributed by atoms with E-state index in [4.69, 9.17) is 14.2 Å². The lowest BCUT2D eigenvalue weighted by Gasteiger charge is -2.32. The molecule has 0 saturated heterocycles. The third kappa shape index (κ3) is 4.54. The molecule has 0 saturated carbocycles. The predicted octanol–water partition coefficient (Wildman–Crippen LogP) is 5.34. The Morgan fingerprint density at radius 3 is 1.82 bits per heavy atom. The number of phenols is 6. The zero-order valence-corrected chi connectivity index (χ0v) is 22.1. The summed E-state index contributed by atoms with van der Waals surface area (Å²) in [4.78, 5) is 0. The van der Waals surface area contributed by atoms with Crippen molar-refractivity contribution in [3.8, 4) is 46.0 Å². The van der Waals surface area contributed by atoms with Crippen molar-refractivity contribution in [2.75, 3.05) is 21.3 Å². The number of ether oxygens (including phenoxy) is 3. The van der Waals surface area contributed by atoms with Crippen LogP contribution in [0.1, 0.15) is 51.7 Å². The number of benzene rings is 4. The summed E-state index contributed by atoms with van der Waals surface area (Å²) >= 11 is 0. The average Bonchev–Trinajstić information content (AvgIpc) is 3.25. The van der Waals surface area contributed by atoms with E-state index in [1.807, 2.05) is 0 Å². The average molecular weight is 547 g/mol. The molecule has 9 heteroatoms. The van der Waals surface area contributed by atoms with Crippen molar-refractivity contribution in [2.24, 2.45) is 0 Å². The van der Waals surface area contributed by atoms with Crippen molar-refractivity contribution in [2.45, 2.75) is 23.9 Å². The van der Waals surface area contributed by atoms with Crippen LogP contribution in [0.4, 0.5) is 0 Å². The van der Waals surface area contributed by atoms with E-state index in [1.165, 1.54) is 57.7 Å². The van der Waals surface area contributed by atoms with Crippen LogP contribution in [-0.2, 0) is 4.74 Å². The van der Waals surface area contributed by atoms with E-state index in [1.54, 1.807) is 30.3 Å². The first kappa shape index (κ1) is 26.8. The molecule has 1 unspecified atom stereocenters. The fraction of sp³-hybridized carbons (Fsp3) is 0.226. The van der Waals surface area contributed by atoms with Crippen LogP contribution in [0.3, 0.4) is 0 Å². The molecule has 0 fully saturated rings. The minimum Gasteiger partial charge on any atom is -0.508 e. The van der Waals surface area contributed by atoms with E-state index in [-0.39, 0.29) is 46.0 Å². The molecule has 0 bridgehead atoms. The van der Waals surface area contributed by atoms with Crippen LogP contribution in [0.25, 0.3) is 0 Å². The largest absolute Gasteiger partial charge is 0.508 e. The summed E-state index contributed by atoms with van der Waals surface area (Å²) in [7, 11) is 4.40. The van der Waals surface area contributed by atoms with Gasteiger partial charge in [-0.15, -0.1) is 0 Å². The first-order chi connectivity index (χ1) is 19.2. The van der Waals surface area contributed by atoms with Crippen molar-refractivity contribution in [1.82, 2.24) is 0 Å². The molecule has 40 heavy (non-hydrogen) atoms. The molecular formula is C31H30O9. The Balaban J connectivity index is 1.82. The number of methoxy groups -OCH3 is 3. The Morgan fingerprint density at radius 2 is 1.20 bits per heavy atom. The summed E-state index contributed by atoms with van der Waals surface area (Å²) in [5.74, 6) is -2.00. The zero-order valence-electron chi connectivity index (χ0n) is 22.1. The summed E-state index contributed by atoms with van der Waals surface area (Å²) in [5.41, 5.74) is 2.96. The monoisotopic (exact) mass is 546 g/mol. The van der Waals surface area contributed by atoms with Gasteiger partial charge < -0.3 is 44.8 Å². The highest BCUT2D eigenvalue weighted by atomic mass is 16.5. The van der Waals surface area contributed by atoms with Gasteiger partial charge in [-0.25, -0.2) is 0 Å². The van der Waals surface area contributed by atoms with E-state index in [0.717, 1.165) is 0 Å². The molecule has 4 aromatic carbocycles. The van der Waals surface area contributed by atoms with Gasteiger partial charge in [0.2, 0.25) is 0 Å². The maximum absolute atomic E-state index is 11.2. The number of aromatic hydroxyl groups is 6. The molecule has 1 aliphatic carbocycles. The van der Waals surface area contributed by atoms with Gasteiger partial charge in [-0.1, -0.05) is 12.1 Å². The molecule has 4 atom stereocenters. The number of rotatable bonds is 7. The lowest BCUT2D eigenvalue weighted by Crippen LogP contribution is -2.20. The van der Waals surface area contributed by atoms with Crippen molar-refractivity contribution < 1.29 is 44.8 Å². The third-order valence-electron chi connectivity index (χ3n) is 7.58. The van der Waals surface area contributed by atoms with Gasteiger partial charge in [0.1, 0.15) is 23.0 Å². The standard InChI is InChI=1S/C31H30O9/c1-38-25-10-15(4-6-22(25)35)27-28(17-8-18(32)12-19(33)9-17)30(21-13-20(34)14-24(37)29(21)27)31(40-3)16-5-7-23(36)26(11-16)39-2/h4-14,27-28,30-37H,1-3H3/t27-,28-,30-,31?/m0/s1. The Kier molecular flexibility index (Phi) is 6.99. The third-order valence-corrected chi connectivity index (χ3v) is 7.58. The first-order valence-electron chi connectivity index (χ1n) is 12.5. The highest BCUT2D eigenvalue weighted by molar-refractivity contribution is 5.62. The molecule has 208 valence electrons. The summed E-state index contributed by atoms with van der Waals surface area (Å²) in [6, 6.07) is 16.8. The summed E-state index contributed by atoms with van der Waals surface area (Å²) < 4.78 is 16.8. The SMILES string of the molecule is COc1cc(C(OC)[C@H]2c3cc(O)cc(O)c3[C@@H](c3ccc(O)c(OC)c3)[C@@H]2c2cc(O)cc(O)c2)ccc1O. The van der Waals surface area contributed by atoms with E-state index in [9.17, 15) is 30.6 Å². The number of fused-ring (bicyclic) bond motifs is 1. The first-order valence-corrected chi connectivity index (χ1v) is 12.5. The van der Waals surface area contributed by atoms with Gasteiger partial charge in [-0.2, -0.15) is 0 Å². The maximum atomic E-state index is 11.2. The molecule has 9 nitrogen and oxygen atoms in total. The smallest absolute Gasteiger partial charge is 0.160 e. The van der Waals surface area contributed by atoms with Gasteiger partial charge >= 0.3 is 0 Å². The van der Waals surface area contributed by atoms with Crippen LogP contribution in [-0.4, -0.2) is 52.0 Å². The molecular weight excluding hydrogens is 516 g/mol. The predicted molar refractivity (Wildman–Crippen MR) is 146 cm³/mol. The Bertz CT molecular complexity index is 1540. The molecule has 0 radical (unpaired) electrons. The van der Waals surface area contributed by atoms with E-state index in [2.05, 4.69) is 0 Å². The Morgan fingerprint density at radius 1 is 0.600 bits per heavy atom. The zero-order chi connectivity index (χ0) is 28.7. The van der Waals surface area contributed by atoms with Gasteiger partial charge in [-0.05, 0) is 64.7 Å². The van der Waals surface area contributed by atoms with Crippen LogP contribution < -0.4 is 9.47 Å². The molecule has 0 heterocycles. The van der Waals surface area contributed by atoms with Crippen LogP contribution in [0.2, 0.25) is 0 Å².